The van der Waals surface area contributed by atoms with E-state index in [9.17, 15) is 5.11 Å². The van der Waals surface area contributed by atoms with E-state index in [0.717, 1.165) is 0 Å². The Morgan fingerprint density at radius 2 is 2.46 bits per heavy atom. The molecule has 0 saturated heterocycles. The first-order chi connectivity index (χ1) is 6.25. The van der Waals surface area contributed by atoms with E-state index in [-0.39, 0.29) is 5.76 Å². The minimum Gasteiger partial charge on any atom is -0.508 e. The molecule has 3 nitrogen and oxygen atoms in total. The maximum Gasteiger partial charge on any atom is 0.166 e. The van der Waals surface area contributed by atoms with Crippen molar-refractivity contribution >= 4 is 5.57 Å². The largest absolute Gasteiger partial charge is 0.508 e. The highest BCUT2D eigenvalue weighted by molar-refractivity contribution is 5.63. The quantitative estimate of drug-likeness (QED) is 0.570. The summed E-state index contributed by atoms with van der Waals surface area (Å²) < 4.78 is 4.87. The molecule has 0 unspecified atom stereocenters. The number of rotatable bonds is 3. The van der Waals surface area contributed by atoms with E-state index in [0.29, 0.717) is 11.3 Å². The normalized spacial score (nSPS) is 13.0. The van der Waals surface area contributed by atoms with Crippen LogP contribution in [0.3, 0.4) is 0 Å². The molecule has 0 bridgehead atoms. The average molecular weight is 177 g/mol. The third kappa shape index (κ3) is 2.33. The minimum absolute atomic E-state index is 0.150. The number of allylic oxidation sites excluding steroid dienone is 4. The summed E-state index contributed by atoms with van der Waals surface area (Å²) in [5, 5.41) is 13.0. The molecule has 3 heteroatoms. The van der Waals surface area contributed by atoms with Gasteiger partial charge in [0.15, 0.2) is 5.76 Å². The van der Waals surface area contributed by atoms with Gasteiger partial charge in [0.1, 0.15) is 5.76 Å². The number of nitrogens with zero attached hydrogens (tertiary/aromatic N) is 1. The fourth-order valence-corrected chi connectivity index (χ4v) is 0.820. The number of aliphatic hydroxyl groups excluding tert-OH is 1. The van der Waals surface area contributed by atoms with Gasteiger partial charge in [-0.05, 0) is 13.0 Å². The predicted octanol–water partition coefficient (Wildman–Crippen LogP) is 2.71. The van der Waals surface area contributed by atoms with Crippen molar-refractivity contribution in [1.82, 2.24) is 5.16 Å². The molecule has 0 aliphatic rings. The van der Waals surface area contributed by atoms with Crippen molar-refractivity contribution in [2.75, 3.05) is 0 Å². The van der Waals surface area contributed by atoms with Crippen LogP contribution in [0.15, 0.2) is 47.4 Å². The first kappa shape index (κ1) is 9.32. The Kier molecular flexibility index (Phi) is 3.09. The summed E-state index contributed by atoms with van der Waals surface area (Å²) in [6.45, 7) is 5.25. The van der Waals surface area contributed by atoms with Crippen molar-refractivity contribution in [3.05, 3.63) is 48.6 Å². The molecule has 0 amide bonds. The maximum atomic E-state index is 9.48. The summed E-state index contributed by atoms with van der Waals surface area (Å²) in [5.41, 5.74) is 0.649. The topological polar surface area (TPSA) is 46.3 Å². The molecule has 1 rings (SSSR count). The number of aliphatic hydroxyl groups is 1. The van der Waals surface area contributed by atoms with Crippen LogP contribution >= 0.6 is 0 Å². The summed E-state index contributed by atoms with van der Waals surface area (Å²) in [5.74, 6) is 0.711. The fraction of sp³-hybridized carbons (Fsp3) is 0.100. The highest BCUT2D eigenvalue weighted by Crippen LogP contribution is 2.16. The molecule has 1 heterocycles. The zero-order valence-corrected chi connectivity index (χ0v) is 7.40. The Bertz CT molecular complexity index is 334. The van der Waals surface area contributed by atoms with Crippen molar-refractivity contribution in [1.29, 1.82) is 0 Å². The van der Waals surface area contributed by atoms with Crippen molar-refractivity contribution in [2.24, 2.45) is 0 Å². The van der Waals surface area contributed by atoms with E-state index >= 15 is 0 Å². The van der Waals surface area contributed by atoms with Crippen LogP contribution < -0.4 is 0 Å². The Morgan fingerprint density at radius 1 is 1.69 bits per heavy atom. The third-order valence-corrected chi connectivity index (χ3v) is 1.58. The zero-order chi connectivity index (χ0) is 9.68. The second-order valence-corrected chi connectivity index (χ2v) is 2.48. The average Bonchev–Trinajstić information content (AvgIpc) is 2.65. The van der Waals surface area contributed by atoms with Crippen LogP contribution in [-0.4, -0.2) is 10.3 Å². The van der Waals surface area contributed by atoms with E-state index in [1.807, 2.05) is 0 Å². The second-order valence-electron chi connectivity index (χ2n) is 2.48. The van der Waals surface area contributed by atoms with Crippen molar-refractivity contribution in [3.8, 4) is 0 Å². The number of hydrogen-bond donors (Lipinski definition) is 1. The maximum absolute atomic E-state index is 9.48. The Morgan fingerprint density at radius 3 is 3.00 bits per heavy atom. The molecule has 0 radical (unpaired) electrons. The second kappa shape index (κ2) is 4.30. The van der Waals surface area contributed by atoms with Crippen molar-refractivity contribution < 1.29 is 9.63 Å². The van der Waals surface area contributed by atoms with Gasteiger partial charge in [-0.15, -0.1) is 0 Å². The van der Waals surface area contributed by atoms with Gasteiger partial charge in [0.05, 0.1) is 6.20 Å². The summed E-state index contributed by atoms with van der Waals surface area (Å²) >= 11 is 0. The van der Waals surface area contributed by atoms with Gasteiger partial charge in [-0.2, -0.15) is 0 Å². The molecule has 0 atom stereocenters. The van der Waals surface area contributed by atoms with Crippen LogP contribution in [0.2, 0.25) is 0 Å². The van der Waals surface area contributed by atoms with Crippen molar-refractivity contribution in [3.63, 3.8) is 0 Å². The summed E-state index contributed by atoms with van der Waals surface area (Å²) in [7, 11) is 0. The first-order valence-corrected chi connectivity index (χ1v) is 3.85. The Hall–Kier alpha value is -1.77. The molecule has 0 spiro atoms. The lowest BCUT2D eigenvalue weighted by Gasteiger charge is -1.96. The summed E-state index contributed by atoms with van der Waals surface area (Å²) in [6.07, 6.45) is 6.31. The van der Waals surface area contributed by atoms with Gasteiger partial charge in [0, 0.05) is 11.6 Å². The zero-order valence-electron chi connectivity index (χ0n) is 7.40. The van der Waals surface area contributed by atoms with Gasteiger partial charge in [-0.1, -0.05) is 23.9 Å². The van der Waals surface area contributed by atoms with E-state index in [2.05, 4.69) is 11.7 Å². The molecule has 1 N–H and O–H groups in total. The van der Waals surface area contributed by atoms with Gasteiger partial charge in [-0.25, -0.2) is 0 Å². The highest BCUT2D eigenvalue weighted by Gasteiger charge is 2.03. The molecule has 1 aromatic rings. The molecule has 0 aliphatic heterocycles. The molecule has 1 aromatic heterocycles. The Labute approximate surface area is 76.7 Å². The number of aromatic nitrogens is 1. The molecule has 13 heavy (non-hydrogen) atoms. The van der Waals surface area contributed by atoms with E-state index in [1.165, 1.54) is 6.20 Å². The van der Waals surface area contributed by atoms with Crippen LogP contribution in [0, 0.1) is 0 Å². The Balaban J connectivity index is 2.92. The van der Waals surface area contributed by atoms with E-state index < -0.39 is 0 Å². The van der Waals surface area contributed by atoms with E-state index in [4.69, 9.17) is 4.52 Å². The molecule has 0 aliphatic carbocycles. The highest BCUT2D eigenvalue weighted by atomic mass is 16.5. The van der Waals surface area contributed by atoms with Crippen LogP contribution in [-0.2, 0) is 0 Å². The van der Waals surface area contributed by atoms with Crippen molar-refractivity contribution in [2.45, 2.75) is 6.92 Å². The van der Waals surface area contributed by atoms with Crippen LogP contribution in [0.1, 0.15) is 12.7 Å². The lowest BCUT2D eigenvalue weighted by atomic mass is 10.2. The molecule has 0 saturated carbocycles. The standard InChI is InChI=1S/C10H11NO2/c1-3-4-5-9(12)8(2)10-6-7-11-13-10/h3-7,12H,1H2,2H3/b5-4-,9-8-. The first-order valence-electron chi connectivity index (χ1n) is 3.85. The smallest absolute Gasteiger partial charge is 0.166 e. The summed E-state index contributed by atoms with van der Waals surface area (Å²) in [4.78, 5) is 0. The van der Waals surface area contributed by atoms with Gasteiger partial charge in [-0.3, -0.25) is 0 Å². The summed E-state index contributed by atoms with van der Waals surface area (Å²) in [6, 6.07) is 1.69. The van der Waals surface area contributed by atoms with Gasteiger partial charge in [0.2, 0.25) is 0 Å². The molecular formula is C10H11NO2. The van der Waals surface area contributed by atoms with E-state index in [1.54, 1.807) is 31.2 Å². The van der Waals surface area contributed by atoms with Gasteiger partial charge >= 0.3 is 0 Å². The minimum atomic E-state index is 0.150. The third-order valence-electron chi connectivity index (χ3n) is 1.58. The van der Waals surface area contributed by atoms with Gasteiger partial charge in [0.25, 0.3) is 0 Å². The predicted molar refractivity (Wildman–Crippen MR) is 51.1 cm³/mol. The molecule has 0 aromatic carbocycles. The monoisotopic (exact) mass is 177 g/mol. The van der Waals surface area contributed by atoms with Crippen LogP contribution in [0.4, 0.5) is 0 Å². The fourth-order valence-electron chi connectivity index (χ4n) is 0.820. The van der Waals surface area contributed by atoms with Crippen LogP contribution in [0.5, 0.6) is 0 Å². The number of hydrogen-bond acceptors (Lipinski definition) is 3. The molecular weight excluding hydrogens is 166 g/mol. The lowest BCUT2D eigenvalue weighted by molar-refractivity contribution is 0.400. The lowest BCUT2D eigenvalue weighted by Crippen LogP contribution is -1.82. The molecule has 0 fully saturated rings. The SMILES string of the molecule is C=C/C=C\C(O)=C(/C)c1ccno1. The van der Waals surface area contributed by atoms with Gasteiger partial charge < -0.3 is 9.63 Å². The molecule has 68 valence electrons. The van der Waals surface area contributed by atoms with Crippen LogP contribution in [0.25, 0.3) is 5.57 Å².